The minimum absolute atomic E-state index is 0.0951. The van der Waals surface area contributed by atoms with Crippen LogP contribution in [0.1, 0.15) is 15.9 Å². The summed E-state index contributed by atoms with van der Waals surface area (Å²) in [4.78, 5) is 11.9. The number of ether oxygens (including phenoxy) is 3. The zero-order chi connectivity index (χ0) is 15.5. The molecule has 1 aliphatic heterocycles. The molecule has 1 heterocycles. The van der Waals surface area contributed by atoms with Gasteiger partial charge in [-0.25, -0.2) is 4.79 Å². The standard InChI is InChI=1S/C16H12Cl2O4/c17-12-3-1-11(2-4-12)16(19)22-9-10-7-13(18)15-14(8-10)20-5-6-21-15/h1-4,7-8H,5-6,9H2. The molecule has 0 atom stereocenters. The molecule has 0 unspecified atom stereocenters. The maximum atomic E-state index is 11.9. The van der Waals surface area contributed by atoms with E-state index in [2.05, 4.69) is 0 Å². The summed E-state index contributed by atoms with van der Waals surface area (Å²) in [6.45, 7) is 1.03. The van der Waals surface area contributed by atoms with Gasteiger partial charge >= 0.3 is 5.97 Å². The first-order valence-electron chi connectivity index (χ1n) is 6.64. The lowest BCUT2D eigenvalue weighted by Crippen LogP contribution is -2.16. The van der Waals surface area contributed by atoms with E-state index in [4.69, 9.17) is 37.4 Å². The summed E-state index contributed by atoms with van der Waals surface area (Å²) in [6.07, 6.45) is 0. The second kappa shape index (κ2) is 6.46. The number of halogens is 2. The van der Waals surface area contributed by atoms with E-state index in [1.54, 1.807) is 36.4 Å². The lowest BCUT2D eigenvalue weighted by atomic mass is 10.2. The predicted molar refractivity (Wildman–Crippen MR) is 83.0 cm³/mol. The van der Waals surface area contributed by atoms with Crippen molar-refractivity contribution in [2.24, 2.45) is 0 Å². The average molecular weight is 339 g/mol. The van der Waals surface area contributed by atoms with Gasteiger partial charge < -0.3 is 14.2 Å². The highest BCUT2D eigenvalue weighted by Gasteiger charge is 2.17. The van der Waals surface area contributed by atoms with Gasteiger partial charge in [-0.15, -0.1) is 0 Å². The van der Waals surface area contributed by atoms with Gasteiger partial charge in [-0.3, -0.25) is 0 Å². The number of hydrogen-bond acceptors (Lipinski definition) is 4. The fraction of sp³-hybridized carbons (Fsp3) is 0.188. The minimum Gasteiger partial charge on any atom is -0.486 e. The highest BCUT2D eigenvalue weighted by atomic mass is 35.5. The van der Waals surface area contributed by atoms with Gasteiger partial charge in [0.05, 0.1) is 10.6 Å². The van der Waals surface area contributed by atoms with Crippen LogP contribution in [0.3, 0.4) is 0 Å². The summed E-state index contributed by atoms with van der Waals surface area (Å²) in [5.74, 6) is 0.666. The van der Waals surface area contributed by atoms with Gasteiger partial charge in [0.25, 0.3) is 0 Å². The van der Waals surface area contributed by atoms with Crippen LogP contribution < -0.4 is 9.47 Å². The van der Waals surface area contributed by atoms with E-state index in [9.17, 15) is 4.79 Å². The second-order valence-electron chi connectivity index (χ2n) is 4.68. The largest absolute Gasteiger partial charge is 0.486 e. The predicted octanol–water partition coefficient (Wildman–Crippen LogP) is 4.12. The third-order valence-corrected chi connectivity index (χ3v) is 3.64. The van der Waals surface area contributed by atoms with Crippen molar-refractivity contribution in [3.05, 3.63) is 57.6 Å². The summed E-state index contributed by atoms with van der Waals surface area (Å²) >= 11 is 11.9. The van der Waals surface area contributed by atoms with E-state index < -0.39 is 5.97 Å². The molecule has 114 valence electrons. The number of carbonyl (C=O) groups excluding carboxylic acids is 1. The van der Waals surface area contributed by atoms with Crippen LogP contribution in [0.5, 0.6) is 11.5 Å². The Morgan fingerprint density at radius 2 is 1.82 bits per heavy atom. The van der Waals surface area contributed by atoms with Crippen molar-refractivity contribution in [1.29, 1.82) is 0 Å². The summed E-state index contributed by atoms with van der Waals surface area (Å²) in [5.41, 5.74) is 1.17. The van der Waals surface area contributed by atoms with E-state index in [1.165, 1.54) is 0 Å². The summed E-state index contributed by atoms with van der Waals surface area (Å²) in [5, 5.41) is 1.00. The Kier molecular flexibility index (Phi) is 4.41. The van der Waals surface area contributed by atoms with Crippen molar-refractivity contribution in [2.45, 2.75) is 6.61 Å². The maximum Gasteiger partial charge on any atom is 0.338 e. The van der Waals surface area contributed by atoms with Crippen molar-refractivity contribution in [3.63, 3.8) is 0 Å². The molecule has 0 N–H and O–H groups in total. The number of hydrogen-bond donors (Lipinski definition) is 0. The molecule has 1 aliphatic rings. The van der Waals surface area contributed by atoms with Crippen molar-refractivity contribution in [2.75, 3.05) is 13.2 Å². The number of esters is 1. The fourth-order valence-corrected chi connectivity index (χ4v) is 2.48. The van der Waals surface area contributed by atoms with E-state index in [-0.39, 0.29) is 6.61 Å². The summed E-state index contributed by atoms with van der Waals surface area (Å²) < 4.78 is 16.2. The monoisotopic (exact) mass is 338 g/mol. The van der Waals surface area contributed by atoms with Crippen LogP contribution in [0.4, 0.5) is 0 Å². The molecule has 2 aromatic carbocycles. The van der Waals surface area contributed by atoms with Crippen molar-refractivity contribution < 1.29 is 19.0 Å². The topological polar surface area (TPSA) is 44.8 Å². The second-order valence-corrected chi connectivity index (χ2v) is 5.53. The smallest absolute Gasteiger partial charge is 0.338 e. The van der Waals surface area contributed by atoms with Crippen LogP contribution in [0, 0.1) is 0 Å². The number of fused-ring (bicyclic) bond motifs is 1. The number of rotatable bonds is 3. The quantitative estimate of drug-likeness (QED) is 0.789. The van der Waals surface area contributed by atoms with E-state index in [1.807, 2.05) is 0 Å². The lowest BCUT2D eigenvalue weighted by molar-refractivity contribution is 0.0472. The molecule has 0 radical (unpaired) electrons. The van der Waals surface area contributed by atoms with Crippen LogP contribution in [0.25, 0.3) is 0 Å². The Hall–Kier alpha value is -1.91. The molecule has 0 amide bonds. The molecule has 0 bridgehead atoms. The molecular weight excluding hydrogens is 327 g/mol. The van der Waals surface area contributed by atoms with Crippen molar-refractivity contribution >= 4 is 29.2 Å². The molecule has 4 nitrogen and oxygen atoms in total. The van der Waals surface area contributed by atoms with E-state index in [0.717, 1.165) is 5.56 Å². The van der Waals surface area contributed by atoms with Crippen molar-refractivity contribution in [3.8, 4) is 11.5 Å². The molecule has 0 fully saturated rings. The summed E-state index contributed by atoms with van der Waals surface area (Å²) in [6, 6.07) is 9.96. The average Bonchev–Trinajstić information content (AvgIpc) is 2.53. The van der Waals surface area contributed by atoms with Crippen LogP contribution in [-0.4, -0.2) is 19.2 Å². The molecular formula is C16H12Cl2O4. The highest BCUT2D eigenvalue weighted by molar-refractivity contribution is 6.32. The molecule has 0 aromatic heterocycles. The third kappa shape index (κ3) is 3.29. The molecule has 6 heteroatoms. The van der Waals surface area contributed by atoms with Gasteiger partial charge in [0.15, 0.2) is 11.5 Å². The first-order valence-corrected chi connectivity index (χ1v) is 7.40. The lowest BCUT2D eigenvalue weighted by Gasteiger charge is -2.20. The molecule has 0 saturated heterocycles. The van der Waals surface area contributed by atoms with Gasteiger partial charge in [0.2, 0.25) is 0 Å². The van der Waals surface area contributed by atoms with Gasteiger partial charge in [0.1, 0.15) is 19.8 Å². The van der Waals surface area contributed by atoms with Crippen LogP contribution >= 0.6 is 23.2 Å². The normalized spacial score (nSPS) is 12.8. The van der Waals surface area contributed by atoms with E-state index >= 15 is 0 Å². The van der Waals surface area contributed by atoms with Gasteiger partial charge in [-0.05, 0) is 42.0 Å². The number of carbonyl (C=O) groups is 1. The van der Waals surface area contributed by atoms with Crippen LogP contribution in [0.2, 0.25) is 10.0 Å². The Balaban J connectivity index is 1.70. The first-order chi connectivity index (χ1) is 10.6. The highest BCUT2D eigenvalue weighted by Crippen LogP contribution is 2.38. The van der Waals surface area contributed by atoms with Crippen LogP contribution in [-0.2, 0) is 11.3 Å². The van der Waals surface area contributed by atoms with Crippen molar-refractivity contribution in [1.82, 2.24) is 0 Å². The van der Waals surface area contributed by atoms with Gasteiger partial charge in [-0.1, -0.05) is 23.2 Å². The van der Waals surface area contributed by atoms with Gasteiger partial charge in [0, 0.05) is 5.02 Å². The SMILES string of the molecule is O=C(OCc1cc(Cl)c2c(c1)OCCO2)c1ccc(Cl)cc1. The maximum absolute atomic E-state index is 11.9. The molecule has 0 spiro atoms. The van der Waals surface area contributed by atoms with Crippen LogP contribution in [0.15, 0.2) is 36.4 Å². The molecule has 22 heavy (non-hydrogen) atoms. The molecule has 2 aromatic rings. The Bertz CT molecular complexity index is 698. The Labute approximate surface area is 137 Å². The molecule has 0 saturated carbocycles. The van der Waals surface area contributed by atoms with Gasteiger partial charge in [-0.2, -0.15) is 0 Å². The Morgan fingerprint density at radius 3 is 2.59 bits per heavy atom. The zero-order valence-corrected chi connectivity index (χ0v) is 13.0. The molecule has 3 rings (SSSR count). The third-order valence-electron chi connectivity index (χ3n) is 3.11. The fourth-order valence-electron chi connectivity index (χ4n) is 2.07. The first kappa shape index (κ1) is 15.0. The Morgan fingerprint density at radius 1 is 1.09 bits per heavy atom. The molecule has 0 aliphatic carbocycles. The summed E-state index contributed by atoms with van der Waals surface area (Å²) in [7, 11) is 0. The number of benzene rings is 2. The van der Waals surface area contributed by atoms with E-state index in [0.29, 0.717) is 40.3 Å². The minimum atomic E-state index is -0.428. The zero-order valence-electron chi connectivity index (χ0n) is 11.5.